The first-order chi connectivity index (χ1) is 13.0. The van der Waals surface area contributed by atoms with Crippen molar-refractivity contribution in [1.82, 2.24) is 4.98 Å². The van der Waals surface area contributed by atoms with Gasteiger partial charge in [-0.15, -0.1) is 0 Å². The van der Waals surface area contributed by atoms with Crippen LogP contribution in [0.25, 0.3) is 10.2 Å². The minimum Gasteiger partial charge on any atom is -0.482 e. The van der Waals surface area contributed by atoms with Gasteiger partial charge in [0.2, 0.25) is 0 Å². The van der Waals surface area contributed by atoms with E-state index in [0.717, 1.165) is 31.1 Å². The Morgan fingerprint density at radius 2 is 2.07 bits per heavy atom. The van der Waals surface area contributed by atoms with Crippen molar-refractivity contribution in [2.75, 3.05) is 11.9 Å². The first kappa shape index (κ1) is 20.3. The second-order valence-electron chi connectivity index (χ2n) is 6.30. The van der Waals surface area contributed by atoms with E-state index in [2.05, 4.69) is 61.2 Å². The summed E-state index contributed by atoms with van der Waals surface area (Å²) in [4.78, 5) is 16.8. The summed E-state index contributed by atoms with van der Waals surface area (Å²) in [7, 11) is 0. The van der Waals surface area contributed by atoms with E-state index in [9.17, 15) is 4.79 Å². The molecular formula is C20H20Br2N2O2S. The summed E-state index contributed by atoms with van der Waals surface area (Å²) in [6, 6.07) is 10.1. The molecule has 1 N–H and O–H groups in total. The number of hydrogen-bond donors (Lipinski definition) is 1. The van der Waals surface area contributed by atoms with Crippen LogP contribution in [0.15, 0.2) is 39.3 Å². The quantitative estimate of drug-likeness (QED) is 0.394. The molecule has 0 unspecified atom stereocenters. The first-order valence-corrected chi connectivity index (χ1v) is 11.1. The maximum atomic E-state index is 12.3. The SMILES string of the molecule is CCCCc1ccc2nc(NC(=O)COc3c(C)cc(Br)cc3Br)sc2c1. The third kappa shape index (κ3) is 5.30. The Labute approximate surface area is 179 Å². The second-order valence-corrected chi connectivity index (χ2v) is 9.10. The molecule has 0 spiro atoms. The smallest absolute Gasteiger partial charge is 0.264 e. The van der Waals surface area contributed by atoms with Gasteiger partial charge in [0, 0.05) is 4.47 Å². The summed E-state index contributed by atoms with van der Waals surface area (Å²) in [6.07, 6.45) is 3.42. The molecule has 3 aromatic rings. The molecule has 0 atom stereocenters. The molecule has 0 bridgehead atoms. The van der Waals surface area contributed by atoms with Crippen LogP contribution in [0, 0.1) is 6.92 Å². The fraction of sp³-hybridized carbons (Fsp3) is 0.300. The van der Waals surface area contributed by atoms with Crippen molar-refractivity contribution in [2.45, 2.75) is 33.1 Å². The number of aromatic nitrogens is 1. The summed E-state index contributed by atoms with van der Waals surface area (Å²) >= 11 is 8.39. The molecule has 0 saturated carbocycles. The van der Waals surface area contributed by atoms with Crippen molar-refractivity contribution in [3.05, 3.63) is 50.4 Å². The first-order valence-electron chi connectivity index (χ1n) is 8.74. The number of carbonyl (C=O) groups is 1. The lowest BCUT2D eigenvalue weighted by atomic mass is 10.1. The van der Waals surface area contributed by atoms with E-state index >= 15 is 0 Å². The molecule has 27 heavy (non-hydrogen) atoms. The predicted octanol–water partition coefficient (Wildman–Crippen LogP) is 6.49. The molecule has 142 valence electrons. The Morgan fingerprint density at radius 3 is 2.81 bits per heavy atom. The molecule has 1 amide bonds. The van der Waals surface area contributed by atoms with Gasteiger partial charge < -0.3 is 4.74 Å². The summed E-state index contributed by atoms with van der Waals surface area (Å²) in [6.45, 7) is 4.06. The highest BCUT2D eigenvalue weighted by Gasteiger charge is 2.12. The maximum Gasteiger partial charge on any atom is 0.264 e. The minimum atomic E-state index is -0.227. The van der Waals surface area contributed by atoms with Gasteiger partial charge in [-0.05, 0) is 71.1 Å². The molecule has 7 heteroatoms. The van der Waals surface area contributed by atoms with Crippen LogP contribution in [-0.4, -0.2) is 17.5 Å². The van der Waals surface area contributed by atoms with Gasteiger partial charge in [0.1, 0.15) is 5.75 Å². The van der Waals surface area contributed by atoms with Gasteiger partial charge in [-0.25, -0.2) is 4.98 Å². The normalized spacial score (nSPS) is 11.0. The molecule has 2 aromatic carbocycles. The van der Waals surface area contributed by atoms with Gasteiger partial charge in [0.25, 0.3) is 5.91 Å². The zero-order chi connectivity index (χ0) is 19.4. The van der Waals surface area contributed by atoms with Crippen LogP contribution in [-0.2, 0) is 11.2 Å². The van der Waals surface area contributed by atoms with Crippen molar-refractivity contribution < 1.29 is 9.53 Å². The average Bonchev–Trinajstić information content (AvgIpc) is 3.00. The third-order valence-corrected chi connectivity index (χ3v) is 6.04. The van der Waals surface area contributed by atoms with Crippen LogP contribution in [0.2, 0.25) is 0 Å². The number of carbonyl (C=O) groups excluding carboxylic acids is 1. The van der Waals surface area contributed by atoms with Crippen molar-refractivity contribution >= 4 is 64.5 Å². The van der Waals surface area contributed by atoms with E-state index in [1.807, 2.05) is 25.1 Å². The molecule has 0 aliphatic carbocycles. The molecule has 1 heterocycles. The van der Waals surface area contributed by atoms with Crippen LogP contribution in [0.1, 0.15) is 30.9 Å². The van der Waals surface area contributed by atoms with Crippen molar-refractivity contribution in [2.24, 2.45) is 0 Å². The highest BCUT2D eigenvalue weighted by atomic mass is 79.9. The van der Waals surface area contributed by atoms with Crippen molar-refractivity contribution in [3.8, 4) is 5.75 Å². The maximum absolute atomic E-state index is 12.3. The Hall–Kier alpha value is -1.44. The lowest BCUT2D eigenvalue weighted by molar-refractivity contribution is -0.118. The number of hydrogen-bond acceptors (Lipinski definition) is 4. The zero-order valence-corrected chi connectivity index (χ0v) is 19.1. The number of nitrogens with zero attached hydrogens (tertiary/aromatic N) is 1. The van der Waals surface area contributed by atoms with Gasteiger partial charge in [-0.2, -0.15) is 0 Å². The van der Waals surface area contributed by atoms with Gasteiger partial charge in [-0.1, -0.05) is 46.7 Å². The van der Waals surface area contributed by atoms with Crippen molar-refractivity contribution in [1.29, 1.82) is 0 Å². The monoisotopic (exact) mass is 510 g/mol. The predicted molar refractivity (Wildman–Crippen MR) is 119 cm³/mol. The molecule has 0 aliphatic heterocycles. The number of nitrogens with one attached hydrogen (secondary N) is 1. The summed E-state index contributed by atoms with van der Waals surface area (Å²) in [5.41, 5.74) is 3.16. The van der Waals surface area contributed by atoms with E-state index in [1.165, 1.54) is 29.7 Å². The number of aryl methyl sites for hydroxylation is 2. The number of halogens is 2. The zero-order valence-electron chi connectivity index (χ0n) is 15.1. The Morgan fingerprint density at radius 1 is 1.26 bits per heavy atom. The molecular weight excluding hydrogens is 492 g/mol. The summed E-state index contributed by atoms with van der Waals surface area (Å²) in [5, 5.41) is 3.43. The summed E-state index contributed by atoms with van der Waals surface area (Å²) in [5.74, 6) is 0.438. The van der Waals surface area contributed by atoms with Gasteiger partial charge in [-0.3, -0.25) is 10.1 Å². The number of thiazole rings is 1. The number of fused-ring (bicyclic) bond motifs is 1. The molecule has 0 aliphatic rings. The Kier molecular flexibility index (Phi) is 6.89. The highest BCUT2D eigenvalue weighted by molar-refractivity contribution is 9.11. The number of anilines is 1. The average molecular weight is 512 g/mol. The molecule has 0 radical (unpaired) electrons. The molecule has 3 rings (SSSR count). The topological polar surface area (TPSA) is 51.2 Å². The van der Waals surface area contributed by atoms with E-state index in [0.29, 0.717) is 10.9 Å². The van der Waals surface area contributed by atoms with E-state index in [-0.39, 0.29) is 12.5 Å². The molecule has 4 nitrogen and oxygen atoms in total. The van der Waals surface area contributed by atoms with Crippen LogP contribution >= 0.6 is 43.2 Å². The van der Waals surface area contributed by atoms with E-state index in [4.69, 9.17) is 4.74 Å². The number of rotatable bonds is 7. The van der Waals surface area contributed by atoms with Crippen LogP contribution in [0.4, 0.5) is 5.13 Å². The van der Waals surface area contributed by atoms with Crippen LogP contribution < -0.4 is 10.1 Å². The van der Waals surface area contributed by atoms with E-state index in [1.54, 1.807) is 0 Å². The van der Waals surface area contributed by atoms with E-state index < -0.39 is 0 Å². The van der Waals surface area contributed by atoms with Gasteiger partial charge in [0.05, 0.1) is 14.7 Å². The minimum absolute atomic E-state index is 0.0707. The largest absolute Gasteiger partial charge is 0.482 e. The Balaban J connectivity index is 1.64. The number of ether oxygens (including phenoxy) is 1. The van der Waals surface area contributed by atoms with Crippen molar-refractivity contribution in [3.63, 3.8) is 0 Å². The number of amides is 1. The molecule has 0 fully saturated rings. The van der Waals surface area contributed by atoms with Crippen LogP contribution in [0.3, 0.4) is 0 Å². The second kappa shape index (κ2) is 9.17. The number of benzene rings is 2. The standard InChI is InChI=1S/C20H20Br2N2O2S/c1-3-4-5-13-6-7-16-17(9-13)27-20(23-16)24-18(25)11-26-19-12(2)8-14(21)10-15(19)22/h6-10H,3-5,11H2,1-2H3,(H,23,24,25). The van der Waals surface area contributed by atoms with Crippen LogP contribution in [0.5, 0.6) is 5.75 Å². The van der Waals surface area contributed by atoms with Gasteiger partial charge in [0.15, 0.2) is 11.7 Å². The number of unbranched alkanes of at least 4 members (excludes halogenated alkanes) is 1. The lowest BCUT2D eigenvalue weighted by Crippen LogP contribution is -2.20. The fourth-order valence-electron chi connectivity index (χ4n) is 2.72. The third-order valence-electron chi connectivity index (χ3n) is 4.06. The molecule has 0 saturated heterocycles. The summed E-state index contributed by atoms with van der Waals surface area (Å²) < 4.78 is 8.54. The highest BCUT2D eigenvalue weighted by Crippen LogP contribution is 2.32. The lowest BCUT2D eigenvalue weighted by Gasteiger charge is -2.11. The fourth-order valence-corrected chi connectivity index (χ4v) is 5.22. The molecule has 1 aromatic heterocycles. The van der Waals surface area contributed by atoms with Gasteiger partial charge >= 0.3 is 0 Å². The Bertz CT molecular complexity index is 949.